The minimum atomic E-state index is -0.164. The van der Waals surface area contributed by atoms with E-state index >= 15 is 0 Å². The van der Waals surface area contributed by atoms with Crippen LogP contribution in [0.15, 0.2) is 48.7 Å². The van der Waals surface area contributed by atoms with Crippen molar-refractivity contribution in [3.05, 3.63) is 65.7 Å². The monoisotopic (exact) mass is 349 g/mol. The number of hydrogen-bond donors (Lipinski definition) is 1. The maximum absolute atomic E-state index is 13.5. The summed E-state index contributed by atoms with van der Waals surface area (Å²) in [5, 5.41) is 3.47. The summed E-state index contributed by atoms with van der Waals surface area (Å²) in [6.07, 6.45) is 5.33. The Morgan fingerprint density at radius 2 is 2.00 bits per heavy atom. The Hall–Kier alpha value is -1.49. The summed E-state index contributed by atoms with van der Waals surface area (Å²) in [6.45, 7) is 3.71. The summed E-state index contributed by atoms with van der Waals surface area (Å²) < 4.78 is 13.5. The quantitative estimate of drug-likeness (QED) is 0.890. The van der Waals surface area contributed by atoms with E-state index < -0.39 is 0 Å². The molecule has 0 amide bonds. The lowest BCUT2D eigenvalue weighted by Crippen LogP contribution is -2.35. The fraction of sp³-hybridized carbons (Fsp3) is 0.421. The van der Waals surface area contributed by atoms with Crippen LogP contribution in [0.3, 0.4) is 0 Å². The van der Waals surface area contributed by atoms with E-state index in [1.54, 1.807) is 12.1 Å². The molecule has 1 aromatic carbocycles. The summed E-state index contributed by atoms with van der Waals surface area (Å²) in [5.41, 5.74) is 2.10. The van der Waals surface area contributed by atoms with Crippen LogP contribution in [0.2, 0.25) is 0 Å². The van der Waals surface area contributed by atoms with Gasteiger partial charge in [-0.3, -0.25) is 9.88 Å². The van der Waals surface area contributed by atoms with E-state index in [9.17, 15) is 4.39 Å². The summed E-state index contributed by atoms with van der Waals surface area (Å²) in [7, 11) is 0. The van der Waals surface area contributed by atoms with Crippen LogP contribution < -0.4 is 5.32 Å². The molecule has 1 N–H and O–H groups in total. The summed E-state index contributed by atoms with van der Waals surface area (Å²) in [4.78, 5) is 6.91. The molecule has 0 spiro atoms. The molecule has 1 fully saturated rings. The Kier molecular flexibility index (Phi) is 7.63. The van der Waals surface area contributed by atoms with Gasteiger partial charge in [0.05, 0.1) is 5.69 Å². The number of nitrogens with one attached hydrogen (secondary N) is 1. The molecule has 3 nitrogen and oxygen atoms in total. The molecule has 1 atom stereocenters. The largest absolute Gasteiger partial charge is 0.317 e. The predicted octanol–water partition coefficient (Wildman–Crippen LogP) is 3.79. The van der Waals surface area contributed by atoms with Crippen LogP contribution >= 0.6 is 12.4 Å². The van der Waals surface area contributed by atoms with Crippen LogP contribution in [0, 0.1) is 5.82 Å². The van der Waals surface area contributed by atoms with Crippen LogP contribution in [-0.2, 0) is 13.1 Å². The van der Waals surface area contributed by atoms with Crippen molar-refractivity contribution in [1.82, 2.24) is 15.2 Å². The van der Waals surface area contributed by atoms with E-state index in [0.29, 0.717) is 6.04 Å². The molecule has 5 heteroatoms. The molecule has 2 aromatic rings. The van der Waals surface area contributed by atoms with Crippen LogP contribution in [0.25, 0.3) is 0 Å². The van der Waals surface area contributed by atoms with Crippen LogP contribution in [-0.4, -0.2) is 29.0 Å². The lowest BCUT2D eigenvalue weighted by atomic mass is 10.1. The third kappa shape index (κ3) is 5.55. The molecule has 24 heavy (non-hydrogen) atoms. The maximum atomic E-state index is 13.5. The van der Waals surface area contributed by atoms with Gasteiger partial charge in [0.2, 0.25) is 0 Å². The zero-order valence-corrected chi connectivity index (χ0v) is 14.6. The van der Waals surface area contributed by atoms with E-state index in [1.165, 1.54) is 18.9 Å². The van der Waals surface area contributed by atoms with Crippen molar-refractivity contribution in [1.29, 1.82) is 0 Å². The molecule has 130 valence electrons. The highest BCUT2D eigenvalue weighted by atomic mass is 35.5. The van der Waals surface area contributed by atoms with Crippen molar-refractivity contribution in [3.8, 4) is 0 Å². The molecular formula is C19H25ClFN3. The SMILES string of the molecule is Cl.Fc1cccc(CN(Cc2ccccn2)C2CCCNCC2)c1. The number of pyridine rings is 1. The summed E-state index contributed by atoms with van der Waals surface area (Å²) >= 11 is 0. The highest BCUT2D eigenvalue weighted by Gasteiger charge is 2.21. The topological polar surface area (TPSA) is 28.2 Å². The molecule has 1 unspecified atom stereocenters. The average Bonchev–Trinajstić information content (AvgIpc) is 2.84. The third-order valence-corrected chi connectivity index (χ3v) is 4.43. The molecule has 1 saturated heterocycles. The lowest BCUT2D eigenvalue weighted by molar-refractivity contribution is 0.162. The number of benzene rings is 1. The Labute approximate surface area is 149 Å². The van der Waals surface area contributed by atoms with Gasteiger partial charge in [-0.1, -0.05) is 18.2 Å². The molecule has 1 aliphatic heterocycles. The van der Waals surface area contributed by atoms with Crippen molar-refractivity contribution >= 4 is 12.4 Å². The van der Waals surface area contributed by atoms with Crippen LogP contribution in [0.4, 0.5) is 4.39 Å². The fourth-order valence-corrected chi connectivity index (χ4v) is 3.25. The Morgan fingerprint density at radius 3 is 2.79 bits per heavy atom. The first-order chi connectivity index (χ1) is 11.3. The first-order valence-corrected chi connectivity index (χ1v) is 8.40. The number of hydrogen-bond acceptors (Lipinski definition) is 3. The normalized spacial score (nSPS) is 18.0. The lowest BCUT2D eigenvalue weighted by Gasteiger charge is -2.31. The van der Waals surface area contributed by atoms with Crippen molar-refractivity contribution < 1.29 is 4.39 Å². The zero-order valence-electron chi connectivity index (χ0n) is 13.8. The Balaban J connectivity index is 0.00000208. The van der Waals surface area contributed by atoms with Gasteiger partial charge in [0.1, 0.15) is 5.82 Å². The second-order valence-corrected chi connectivity index (χ2v) is 6.19. The van der Waals surface area contributed by atoms with E-state index in [4.69, 9.17) is 0 Å². The molecule has 1 aromatic heterocycles. The number of aromatic nitrogens is 1. The second-order valence-electron chi connectivity index (χ2n) is 6.19. The van der Waals surface area contributed by atoms with Gasteiger partial charge in [0.25, 0.3) is 0 Å². The summed E-state index contributed by atoms with van der Waals surface area (Å²) in [6, 6.07) is 13.5. The molecule has 0 aliphatic carbocycles. The smallest absolute Gasteiger partial charge is 0.123 e. The molecule has 2 heterocycles. The highest BCUT2D eigenvalue weighted by Crippen LogP contribution is 2.19. The molecular weight excluding hydrogens is 325 g/mol. The van der Waals surface area contributed by atoms with Crippen molar-refractivity contribution in [2.24, 2.45) is 0 Å². The second kappa shape index (κ2) is 9.72. The number of halogens is 2. The van der Waals surface area contributed by atoms with E-state index in [1.807, 2.05) is 24.4 Å². The Morgan fingerprint density at radius 1 is 1.08 bits per heavy atom. The van der Waals surface area contributed by atoms with E-state index in [0.717, 1.165) is 43.9 Å². The van der Waals surface area contributed by atoms with Crippen molar-refractivity contribution in [3.63, 3.8) is 0 Å². The van der Waals surface area contributed by atoms with Gasteiger partial charge >= 0.3 is 0 Å². The number of rotatable bonds is 5. The zero-order chi connectivity index (χ0) is 15.9. The van der Waals surface area contributed by atoms with Crippen LogP contribution in [0.5, 0.6) is 0 Å². The van der Waals surface area contributed by atoms with Gasteiger partial charge in [0, 0.05) is 25.3 Å². The van der Waals surface area contributed by atoms with Gasteiger partial charge in [-0.2, -0.15) is 0 Å². The fourth-order valence-electron chi connectivity index (χ4n) is 3.25. The molecule has 1 aliphatic rings. The van der Waals surface area contributed by atoms with E-state index in [-0.39, 0.29) is 18.2 Å². The molecule has 3 rings (SSSR count). The minimum Gasteiger partial charge on any atom is -0.317 e. The predicted molar refractivity (Wildman–Crippen MR) is 97.6 cm³/mol. The first-order valence-electron chi connectivity index (χ1n) is 8.40. The van der Waals surface area contributed by atoms with Gasteiger partial charge < -0.3 is 5.32 Å². The van der Waals surface area contributed by atoms with Crippen molar-refractivity contribution in [2.45, 2.75) is 38.4 Å². The van der Waals surface area contributed by atoms with Gasteiger partial charge in [0.15, 0.2) is 0 Å². The highest BCUT2D eigenvalue weighted by molar-refractivity contribution is 5.85. The maximum Gasteiger partial charge on any atom is 0.123 e. The van der Waals surface area contributed by atoms with Gasteiger partial charge in [-0.25, -0.2) is 4.39 Å². The van der Waals surface area contributed by atoms with Crippen molar-refractivity contribution in [2.75, 3.05) is 13.1 Å². The average molecular weight is 350 g/mol. The standard InChI is InChI=1S/C19H24FN3.ClH/c20-17-6-3-5-16(13-17)14-23(15-18-7-1-2-11-22-18)19-8-4-10-21-12-9-19;/h1-3,5-7,11,13,19,21H,4,8-10,12,14-15H2;1H. The van der Waals surface area contributed by atoms with Gasteiger partial charge in [-0.15, -0.1) is 12.4 Å². The third-order valence-electron chi connectivity index (χ3n) is 4.43. The number of nitrogens with zero attached hydrogens (tertiary/aromatic N) is 2. The summed E-state index contributed by atoms with van der Waals surface area (Å²) in [5.74, 6) is -0.164. The van der Waals surface area contributed by atoms with Gasteiger partial charge in [-0.05, 0) is 62.2 Å². The Bertz CT molecular complexity index is 601. The molecule has 0 radical (unpaired) electrons. The minimum absolute atomic E-state index is 0. The molecule has 0 bridgehead atoms. The first kappa shape index (κ1) is 18.8. The molecule has 0 saturated carbocycles. The van der Waals surface area contributed by atoms with Crippen LogP contribution in [0.1, 0.15) is 30.5 Å². The van der Waals surface area contributed by atoms with E-state index in [2.05, 4.69) is 21.3 Å².